The van der Waals surface area contributed by atoms with Gasteiger partial charge in [0.1, 0.15) is 30.5 Å². The molecule has 1 aliphatic heterocycles. The third kappa shape index (κ3) is 37.5. The van der Waals surface area contributed by atoms with Crippen LogP contribution in [0.3, 0.4) is 0 Å². The van der Waals surface area contributed by atoms with Crippen molar-refractivity contribution in [3.63, 3.8) is 0 Å². The number of rotatable bonds is 49. The highest BCUT2D eigenvalue weighted by atomic mass is 16.7. The van der Waals surface area contributed by atoms with Gasteiger partial charge >= 0.3 is 0 Å². The standard InChI is InChI=1S/C59H109NO9/c1-3-5-7-9-11-13-15-17-19-20-21-22-23-24-25-26-27-28-29-30-31-32-33-34-36-38-40-42-44-46-48-53(63)58(67)60-51(50-68-59-57(66)56(65)55(64)54(49-61)69-59)52(62)47-45-43-41-39-37-35-18-16-14-12-10-8-6-4-2/h21-22,24-25,37,39,45,47,51-57,59,61-66H,3-20,23,26-36,38,40-44,46,48-50H2,1-2H3,(H,60,67)/b22-21-,25-24-,39-37+,47-45+. The second-order valence-corrected chi connectivity index (χ2v) is 20.2. The molecular formula is C59H109NO9. The monoisotopic (exact) mass is 976 g/mol. The Morgan fingerprint density at radius 2 is 0.899 bits per heavy atom. The molecule has 0 aliphatic carbocycles. The van der Waals surface area contributed by atoms with Crippen LogP contribution in [0.4, 0.5) is 0 Å². The van der Waals surface area contributed by atoms with Gasteiger partial charge < -0.3 is 45.4 Å². The van der Waals surface area contributed by atoms with Gasteiger partial charge in [0.25, 0.3) is 0 Å². The van der Waals surface area contributed by atoms with Crippen LogP contribution < -0.4 is 5.32 Å². The topological polar surface area (TPSA) is 169 Å². The van der Waals surface area contributed by atoms with Crippen molar-refractivity contribution in [3.8, 4) is 0 Å². The van der Waals surface area contributed by atoms with Crippen LogP contribution in [0.5, 0.6) is 0 Å². The largest absolute Gasteiger partial charge is 0.394 e. The van der Waals surface area contributed by atoms with Crippen LogP contribution in [0.15, 0.2) is 48.6 Å². The number of hydrogen-bond acceptors (Lipinski definition) is 9. The molecule has 404 valence electrons. The van der Waals surface area contributed by atoms with Crippen LogP contribution in [0.25, 0.3) is 0 Å². The van der Waals surface area contributed by atoms with Gasteiger partial charge in [0.2, 0.25) is 5.91 Å². The van der Waals surface area contributed by atoms with Gasteiger partial charge in [-0.15, -0.1) is 0 Å². The number of unbranched alkanes of at least 4 members (excludes halogenated alkanes) is 32. The second-order valence-electron chi connectivity index (χ2n) is 20.2. The number of carbonyl (C=O) groups is 1. The summed E-state index contributed by atoms with van der Waals surface area (Å²) in [5.74, 6) is -0.626. The second kappa shape index (κ2) is 48.4. The average Bonchev–Trinajstić information content (AvgIpc) is 3.35. The predicted octanol–water partition coefficient (Wildman–Crippen LogP) is 13.1. The summed E-state index contributed by atoms with van der Waals surface area (Å²) in [7, 11) is 0. The first kappa shape index (κ1) is 65.1. The lowest BCUT2D eigenvalue weighted by Crippen LogP contribution is -2.60. The molecule has 0 aromatic carbocycles. The number of carbonyl (C=O) groups excluding carboxylic acids is 1. The first-order chi connectivity index (χ1) is 33.8. The number of amides is 1. The molecule has 8 unspecified atom stereocenters. The first-order valence-electron chi connectivity index (χ1n) is 29.0. The van der Waals surface area contributed by atoms with Crippen molar-refractivity contribution in [1.82, 2.24) is 5.32 Å². The van der Waals surface area contributed by atoms with Gasteiger partial charge in [-0.05, 0) is 64.2 Å². The molecule has 7 N–H and O–H groups in total. The normalized spacial score (nSPS) is 20.3. The maximum Gasteiger partial charge on any atom is 0.249 e. The van der Waals surface area contributed by atoms with E-state index in [0.29, 0.717) is 19.3 Å². The van der Waals surface area contributed by atoms with Crippen molar-refractivity contribution in [2.24, 2.45) is 0 Å². The SMILES string of the molecule is CCCCCCCCCC/C=C/CC/C=C/C(O)C(COC1OC(CO)C(O)C(O)C1O)NC(=O)C(O)CCCCCCCCCCCCCCCC/C=C\C/C=C\CCCCCCCCCCC. The molecule has 1 saturated heterocycles. The molecule has 1 aliphatic rings. The highest BCUT2D eigenvalue weighted by Crippen LogP contribution is 2.23. The molecule has 1 amide bonds. The van der Waals surface area contributed by atoms with Crippen molar-refractivity contribution in [2.75, 3.05) is 13.2 Å². The molecule has 0 aromatic heterocycles. The van der Waals surface area contributed by atoms with Gasteiger partial charge in [-0.1, -0.05) is 242 Å². The van der Waals surface area contributed by atoms with Crippen LogP contribution >= 0.6 is 0 Å². The Hall–Kier alpha value is -1.89. The van der Waals surface area contributed by atoms with Gasteiger partial charge in [0.15, 0.2) is 6.29 Å². The third-order valence-corrected chi connectivity index (χ3v) is 13.7. The highest BCUT2D eigenvalue weighted by Gasteiger charge is 2.44. The van der Waals surface area contributed by atoms with Crippen LogP contribution in [0.1, 0.15) is 258 Å². The number of hydrogen-bond donors (Lipinski definition) is 7. The Bertz CT molecular complexity index is 1240. The van der Waals surface area contributed by atoms with Crippen LogP contribution in [-0.2, 0) is 14.3 Å². The zero-order valence-electron chi connectivity index (χ0n) is 44.4. The molecule has 10 heteroatoms. The number of aliphatic hydroxyl groups excluding tert-OH is 6. The maximum atomic E-state index is 13.1. The minimum atomic E-state index is -1.62. The summed E-state index contributed by atoms with van der Waals surface area (Å²) < 4.78 is 11.2. The van der Waals surface area contributed by atoms with E-state index in [4.69, 9.17) is 9.47 Å². The molecule has 0 spiro atoms. The lowest BCUT2D eigenvalue weighted by molar-refractivity contribution is -0.302. The van der Waals surface area contributed by atoms with E-state index in [1.807, 2.05) is 6.08 Å². The minimum absolute atomic E-state index is 0.303. The summed E-state index contributed by atoms with van der Waals surface area (Å²) in [5.41, 5.74) is 0. The predicted molar refractivity (Wildman–Crippen MR) is 287 cm³/mol. The first-order valence-corrected chi connectivity index (χ1v) is 29.0. The van der Waals surface area contributed by atoms with E-state index < -0.39 is 61.5 Å². The Morgan fingerprint density at radius 1 is 0.507 bits per heavy atom. The molecule has 0 saturated carbocycles. The van der Waals surface area contributed by atoms with Gasteiger partial charge in [0, 0.05) is 0 Å². The molecule has 0 radical (unpaired) electrons. The zero-order valence-corrected chi connectivity index (χ0v) is 44.4. The van der Waals surface area contributed by atoms with E-state index in [2.05, 4.69) is 55.6 Å². The number of ether oxygens (including phenoxy) is 2. The van der Waals surface area contributed by atoms with Gasteiger partial charge in [-0.2, -0.15) is 0 Å². The number of nitrogens with one attached hydrogen (secondary N) is 1. The third-order valence-electron chi connectivity index (χ3n) is 13.7. The van der Waals surface area contributed by atoms with E-state index >= 15 is 0 Å². The van der Waals surface area contributed by atoms with Crippen LogP contribution in [-0.4, -0.2) is 98.7 Å². The molecule has 0 bridgehead atoms. The van der Waals surface area contributed by atoms with Crippen LogP contribution in [0, 0.1) is 0 Å². The molecule has 0 aromatic rings. The Balaban J connectivity index is 2.21. The summed E-state index contributed by atoms with van der Waals surface area (Å²) >= 11 is 0. The zero-order chi connectivity index (χ0) is 50.3. The van der Waals surface area contributed by atoms with Crippen molar-refractivity contribution in [3.05, 3.63) is 48.6 Å². The van der Waals surface area contributed by atoms with E-state index in [0.717, 1.165) is 38.5 Å². The molecule has 69 heavy (non-hydrogen) atoms. The van der Waals surface area contributed by atoms with E-state index in [9.17, 15) is 35.4 Å². The quantitative estimate of drug-likeness (QED) is 0.0232. The smallest absolute Gasteiger partial charge is 0.249 e. The van der Waals surface area contributed by atoms with Crippen molar-refractivity contribution < 1.29 is 44.9 Å². The van der Waals surface area contributed by atoms with Crippen molar-refractivity contribution in [1.29, 1.82) is 0 Å². The highest BCUT2D eigenvalue weighted by molar-refractivity contribution is 5.80. The fraction of sp³-hybridized carbons (Fsp3) is 0.847. The fourth-order valence-corrected chi connectivity index (χ4v) is 9.03. The van der Waals surface area contributed by atoms with E-state index in [-0.39, 0.29) is 6.61 Å². The van der Waals surface area contributed by atoms with E-state index in [1.165, 1.54) is 186 Å². The minimum Gasteiger partial charge on any atom is -0.394 e. The molecule has 1 fully saturated rings. The summed E-state index contributed by atoms with van der Waals surface area (Å²) in [4.78, 5) is 13.1. The van der Waals surface area contributed by atoms with Crippen molar-refractivity contribution >= 4 is 5.91 Å². The Kier molecular flexibility index (Phi) is 45.7. The van der Waals surface area contributed by atoms with Gasteiger partial charge in [-0.3, -0.25) is 4.79 Å². The Morgan fingerprint density at radius 3 is 1.35 bits per heavy atom. The number of aliphatic hydroxyl groups is 6. The lowest BCUT2D eigenvalue weighted by Gasteiger charge is -2.40. The number of allylic oxidation sites excluding steroid dienone is 7. The van der Waals surface area contributed by atoms with Gasteiger partial charge in [0.05, 0.1) is 25.4 Å². The maximum absolute atomic E-state index is 13.1. The molecule has 10 nitrogen and oxygen atoms in total. The fourth-order valence-electron chi connectivity index (χ4n) is 9.03. The average molecular weight is 977 g/mol. The lowest BCUT2D eigenvalue weighted by atomic mass is 9.99. The Labute approximate surface area is 423 Å². The summed E-state index contributed by atoms with van der Waals surface area (Å²) in [5, 5.41) is 64.9. The molecular weight excluding hydrogens is 867 g/mol. The molecule has 8 atom stereocenters. The van der Waals surface area contributed by atoms with Crippen molar-refractivity contribution in [2.45, 2.75) is 307 Å². The summed E-state index contributed by atoms with van der Waals surface area (Å²) in [6.07, 6.45) is 53.7. The van der Waals surface area contributed by atoms with Gasteiger partial charge in [-0.25, -0.2) is 0 Å². The van der Waals surface area contributed by atoms with E-state index in [1.54, 1.807) is 6.08 Å². The molecule has 1 heterocycles. The summed E-state index contributed by atoms with van der Waals surface area (Å²) in [6.45, 7) is 3.60. The summed E-state index contributed by atoms with van der Waals surface area (Å²) in [6, 6.07) is -0.998. The van der Waals surface area contributed by atoms with Crippen LogP contribution in [0.2, 0.25) is 0 Å². The molecule has 1 rings (SSSR count).